The number of hydrogen-bond donors (Lipinski definition) is 2. The Balaban J connectivity index is 1.48. The molecule has 2 aliphatic rings. The smallest absolute Gasteiger partial charge is 0.320 e. The molecule has 1 fully saturated rings. The van der Waals surface area contributed by atoms with E-state index < -0.39 is 6.17 Å². The van der Waals surface area contributed by atoms with Crippen molar-refractivity contribution in [1.82, 2.24) is 14.9 Å². The van der Waals surface area contributed by atoms with E-state index in [0.717, 1.165) is 57.5 Å². The lowest BCUT2D eigenvalue weighted by Crippen LogP contribution is -2.36. The van der Waals surface area contributed by atoms with Gasteiger partial charge in [0.25, 0.3) is 0 Å². The van der Waals surface area contributed by atoms with E-state index in [-0.39, 0.29) is 11.8 Å². The lowest BCUT2D eigenvalue weighted by molar-refractivity contribution is -0.108. The number of carbonyl (C=O) groups is 1. The first-order chi connectivity index (χ1) is 15.2. The van der Waals surface area contributed by atoms with Gasteiger partial charge in [0, 0.05) is 26.2 Å². The van der Waals surface area contributed by atoms with E-state index in [0.29, 0.717) is 24.7 Å². The summed E-state index contributed by atoms with van der Waals surface area (Å²) >= 11 is 0. The van der Waals surface area contributed by atoms with E-state index in [1.165, 1.54) is 5.56 Å². The van der Waals surface area contributed by atoms with Gasteiger partial charge in [0.2, 0.25) is 0 Å². The van der Waals surface area contributed by atoms with Crippen molar-refractivity contribution in [1.29, 1.82) is 0 Å². The van der Waals surface area contributed by atoms with E-state index in [1.54, 1.807) is 0 Å². The Bertz CT molecular complexity index is 886. The number of unbranched alkanes of at least 4 members (excludes halogenated alkanes) is 1. The number of anilines is 3. The molecule has 1 saturated heterocycles. The zero-order valence-electron chi connectivity index (χ0n) is 17.9. The molecule has 3 heterocycles. The molecule has 0 spiro atoms. The normalized spacial score (nSPS) is 18.5. The Kier molecular flexibility index (Phi) is 6.83. The fourth-order valence-electron chi connectivity index (χ4n) is 3.77. The minimum absolute atomic E-state index is 0.240. The van der Waals surface area contributed by atoms with Crippen molar-refractivity contribution in [2.24, 2.45) is 0 Å². The number of benzene rings is 1. The molecule has 1 aromatic carbocycles. The molecule has 1 atom stereocenters. The van der Waals surface area contributed by atoms with E-state index >= 15 is 0 Å². The number of nitrogens with two attached hydrogens (primary N) is 1. The zero-order valence-corrected chi connectivity index (χ0v) is 17.9. The molecule has 0 saturated carbocycles. The standard InChI is InChI=1S/C22H30N6O3/c1-2-3-10-31-22-25-20(23)19-21(26-22)28(18(15-29)24-19)14-17-6-4-16(5-7-17)13-27-8-11-30-12-9-27/h4-7,15,18,24H,2-3,8-14H2,1H3,(H2,23,25,26). The van der Waals surface area contributed by atoms with Gasteiger partial charge in [0.15, 0.2) is 24.1 Å². The van der Waals surface area contributed by atoms with E-state index in [2.05, 4.69) is 51.4 Å². The van der Waals surface area contributed by atoms with Gasteiger partial charge in [-0.05, 0) is 17.5 Å². The molecule has 9 nitrogen and oxygen atoms in total. The van der Waals surface area contributed by atoms with Crippen molar-refractivity contribution in [2.75, 3.05) is 48.9 Å². The Morgan fingerprint density at radius 3 is 2.58 bits per heavy atom. The number of hydrogen-bond acceptors (Lipinski definition) is 9. The second-order valence-electron chi connectivity index (χ2n) is 7.85. The minimum atomic E-state index is -0.550. The lowest BCUT2D eigenvalue weighted by atomic mass is 10.1. The van der Waals surface area contributed by atoms with Crippen LogP contribution in [0.4, 0.5) is 17.3 Å². The molecule has 4 rings (SSSR count). The van der Waals surface area contributed by atoms with Gasteiger partial charge in [-0.3, -0.25) is 9.69 Å². The molecule has 1 aromatic heterocycles. The van der Waals surface area contributed by atoms with E-state index in [4.69, 9.17) is 15.2 Å². The number of nitrogens with one attached hydrogen (secondary N) is 1. The van der Waals surface area contributed by atoms with Gasteiger partial charge in [-0.1, -0.05) is 37.6 Å². The van der Waals surface area contributed by atoms with Crippen molar-refractivity contribution in [3.63, 3.8) is 0 Å². The number of carbonyl (C=O) groups excluding carboxylic acids is 1. The Morgan fingerprint density at radius 1 is 1.19 bits per heavy atom. The average Bonchev–Trinajstić information content (AvgIpc) is 3.14. The molecule has 0 bridgehead atoms. The summed E-state index contributed by atoms with van der Waals surface area (Å²) in [5, 5.41) is 3.12. The third-order valence-electron chi connectivity index (χ3n) is 5.54. The van der Waals surface area contributed by atoms with Crippen LogP contribution in [0.15, 0.2) is 24.3 Å². The molecule has 31 heavy (non-hydrogen) atoms. The minimum Gasteiger partial charge on any atom is -0.463 e. The zero-order chi connectivity index (χ0) is 21.6. The number of nitrogens with zero attached hydrogens (tertiary/aromatic N) is 4. The summed E-state index contributed by atoms with van der Waals surface area (Å²) in [5.74, 6) is 0.875. The summed E-state index contributed by atoms with van der Waals surface area (Å²) in [7, 11) is 0. The van der Waals surface area contributed by atoms with Gasteiger partial charge in [0.1, 0.15) is 5.69 Å². The highest BCUT2D eigenvalue weighted by molar-refractivity contribution is 5.87. The quantitative estimate of drug-likeness (QED) is 0.460. The maximum atomic E-state index is 11.7. The number of aromatic nitrogens is 2. The second-order valence-corrected chi connectivity index (χ2v) is 7.85. The fourth-order valence-corrected chi connectivity index (χ4v) is 3.77. The predicted molar refractivity (Wildman–Crippen MR) is 119 cm³/mol. The summed E-state index contributed by atoms with van der Waals surface area (Å²) < 4.78 is 11.1. The SMILES string of the molecule is CCCCOc1nc(N)c2c(n1)N(Cc1ccc(CN3CCOCC3)cc1)C(C=O)N2. The van der Waals surface area contributed by atoms with Gasteiger partial charge in [-0.15, -0.1) is 0 Å². The third kappa shape index (κ3) is 5.05. The Hall–Kier alpha value is -2.91. The molecule has 9 heteroatoms. The highest BCUT2D eigenvalue weighted by Gasteiger charge is 2.33. The molecular weight excluding hydrogens is 396 g/mol. The van der Waals surface area contributed by atoms with Crippen LogP contribution in [0.2, 0.25) is 0 Å². The number of nitrogen functional groups attached to an aromatic ring is 1. The molecule has 0 amide bonds. The summed E-state index contributed by atoms with van der Waals surface area (Å²) in [6, 6.07) is 8.71. The van der Waals surface area contributed by atoms with Gasteiger partial charge >= 0.3 is 6.01 Å². The van der Waals surface area contributed by atoms with Crippen molar-refractivity contribution in [3.05, 3.63) is 35.4 Å². The maximum Gasteiger partial charge on any atom is 0.320 e. The van der Waals surface area contributed by atoms with Crippen LogP contribution in [-0.2, 0) is 22.6 Å². The third-order valence-corrected chi connectivity index (χ3v) is 5.54. The Labute approximate surface area is 182 Å². The van der Waals surface area contributed by atoms with Gasteiger partial charge < -0.3 is 25.4 Å². The number of aldehydes is 1. The van der Waals surface area contributed by atoms with Gasteiger partial charge in [0.05, 0.1) is 19.8 Å². The van der Waals surface area contributed by atoms with Crippen molar-refractivity contribution in [3.8, 4) is 6.01 Å². The van der Waals surface area contributed by atoms with Gasteiger partial charge in [-0.25, -0.2) is 0 Å². The van der Waals surface area contributed by atoms with Crippen molar-refractivity contribution in [2.45, 2.75) is 39.0 Å². The van der Waals surface area contributed by atoms with Crippen molar-refractivity contribution >= 4 is 23.6 Å². The van der Waals surface area contributed by atoms with Crippen molar-refractivity contribution < 1.29 is 14.3 Å². The summed E-state index contributed by atoms with van der Waals surface area (Å²) in [4.78, 5) is 24.8. The van der Waals surface area contributed by atoms with Crippen LogP contribution in [0.3, 0.4) is 0 Å². The summed E-state index contributed by atoms with van der Waals surface area (Å²) in [6.07, 6.45) is 2.23. The molecule has 2 aromatic rings. The first-order valence-corrected chi connectivity index (χ1v) is 10.8. The van der Waals surface area contributed by atoms with Crippen LogP contribution in [-0.4, -0.2) is 60.2 Å². The van der Waals surface area contributed by atoms with Crippen LogP contribution >= 0.6 is 0 Å². The molecule has 166 valence electrons. The highest BCUT2D eigenvalue weighted by Crippen LogP contribution is 2.38. The van der Waals surface area contributed by atoms with E-state index in [9.17, 15) is 4.79 Å². The molecule has 2 aliphatic heterocycles. The molecule has 1 unspecified atom stereocenters. The van der Waals surface area contributed by atoms with Crippen LogP contribution < -0.4 is 20.7 Å². The number of ether oxygens (including phenoxy) is 2. The highest BCUT2D eigenvalue weighted by atomic mass is 16.5. The lowest BCUT2D eigenvalue weighted by Gasteiger charge is -2.26. The van der Waals surface area contributed by atoms with Crippen LogP contribution in [0.5, 0.6) is 6.01 Å². The van der Waals surface area contributed by atoms with Crippen LogP contribution in [0.1, 0.15) is 30.9 Å². The first-order valence-electron chi connectivity index (χ1n) is 10.8. The predicted octanol–water partition coefficient (Wildman–Crippen LogP) is 2.03. The maximum absolute atomic E-state index is 11.7. The fraction of sp³-hybridized carbons (Fsp3) is 0.500. The monoisotopic (exact) mass is 426 g/mol. The molecule has 0 aliphatic carbocycles. The largest absolute Gasteiger partial charge is 0.463 e. The Morgan fingerprint density at radius 2 is 1.90 bits per heavy atom. The first kappa shape index (κ1) is 21.3. The number of morpholine rings is 1. The molecule has 0 radical (unpaired) electrons. The number of rotatable bonds is 9. The van der Waals surface area contributed by atoms with Gasteiger partial charge in [-0.2, -0.15) is 9.97 Å². The van der Waals surface area contributed by atoms with Crippen LogP contribution in [0.25, 0.3) is 0 Å². The summed E-state index contributed by atoms with van der Waals surface area (Å²) in [5.41, 5.74) is 9.02. The average molecular weight is 427 g/mol. The number of fused-ring (bicyclic) bond motifs is 1. The topological polar surface area (TPSA) is 106 Å². The molecule has 3 N–H and O–H groups in total. The molecular formula is C22H30N6O3. The van der Waals surface area contributed by atoms with Crippen LogP contribution in [0, 0.1) is 0 Å². The van der Waals surface area contributed by atoms with E-state index in [1.807, 2.05) is 4.90 Å². The second kappa shape index (κ2) is 9.93. The summed E-state index contributed by atoms with van der Waals surface area (Å²) in [6.45, 7) is 7.57.